The molecule has 0 radical (unpaired) electrons. The van der Waals surface area contributed by atoms with Crippen LogP contribution in [0, 0.1) is 3.57 Å². The van der Waals surface area contributed by atoms with Crippen LogP contribution >= 0.6 is 22.6 Å². The van der Waals surface area contributed by atoms with Crippen molar-refractivity contribution in [2.45, 2.75) is 18.9 Å². The molecule has 2 aromatic rings. The van der Waals surface area contributed by atoms with Crippen LogP contribution < -0.4 is 16.0 Å². The lowest BCUT2D eigenvalue weighted by Gasteiger charge is -2.25. The summed E-state index contributed by atoms with van der Waals surface area (Å²) in [6, 6.07) is 14.6. The molecule has 0 aliphatic carbocycles. The van der Waals surface area contributed by atoms with Crippen molar-refractivity contribution in [1.82, 2.24) is 5.43 Å². The highest BCUT2D eigenvalue weighted by molar-refractivity contribution is 14.1. The van der Waals surface area contributed by atoms with Crippen LogP contribution in [0.25, 0.3) is 0 Å². The Morgan fingerprint density at radius 1 is 1.20 bits per heavy atom. The number of ether oxygens (including phenoxy) is 1. The van der Waals surface area contributed by atoms with Gasteiger partial charge in [0.2, 0.25) is 0 Å². The summed E-state index contributed by atoms with van der Waals surface area (Å²) >= 11 is 2.32. The van der Waals surface area contributed by atoms with E-state index >= 15 is 0 Å². The van der Waals surface area contributed by atoms with Gasteiger partial charge in [-0.2, -0.15) is 0 Å². The predicted octanol–water partition coefficient (Wildman–Crippen LogP) is 3.17. The molecule has 0 saturated carbocycles. The Labute approximate surface area is 132 Å². The van der Waals surface area contributed by atoms with Gasteiger partial charge in [0.05, 0.1) is 12.6 Å². The Morgan fingerprint density at radius 2 is 2.05 bits per heavy atom. The molecule has 1 heterocycles. The first kappa shape index (κ1) is 13.9. The summed E-state index contributed by atoms with van der Waals surface area (Å²) in [7, 11) is 0. The molecule has 104 valence electrons. The number of nitrogens with one attached hydrogen (secondary N) is 1. The minimum Gasteiger partial charge on any atom is -0.493 e. The van der Waals surface area contributed by atoms with Crippen molar-refractivity contribution in [3.05, 3.63) is 62.7 Å². The van der Waals surface area contributed by atoms with Crippen LogP contribution in [0.1, 0.15) is 29.2 Å². The number of fused-ring (bicyclic) bond motifs is 1. The van der Waals surface area contributed by atoms with Gasteiger partial charge in [-0.3, -0.25) is 5.84 Å². The smallest absolute Gasteiger partial charge is 0.127 e. The number of hydrogen-bond acceptors (Lipinski definition) is 3. The molecule has 3 N–H and O–H groups in total. The SMILES string of the molecule is NNC(c1cccc(I)c1)c1cccc2c1OCCC2. The third-order valence-corrected chi connectivity index (χ3v) is 4.29. The van der Waals surface area contributed by atoms with E-state index in [1.165, 1.54) is 9.13 Å². The molecule has 1 unspecified atom stereocenters. The summed E-state index contributed by atoms with van der Waals surface area (Å²) in [5.41, 5.74) is 6.48. The first-order chi connectivity index (χ1) is 9.79. The molecule has 4 heteroatoms. The second-order valence-electron chi connectivity index (χ2n) is 4.94. The van der Waals surface area contributed by atoms with Gasteiger partial charge in [-0.05, 0) is 58.7 Å². The Balaban J connectivity index is 2.06. The lowest BCUT2D eigenvalue weighted by Crippen LogP contribution is -2.29. The maximum Gasteiger partial charge on any atom is 0.127 e. The van der Waals surface area contributed by atoms with Crippen molar-refractivity contribution in [3.63, 3.8) is 0 Å². The zero-order chi connectivity index (χ0) is 13.9. The Hall–Kier alpha value is -1.11. The van der Waals surface area contributed by atoms with Crippen LogP contribution in [0.15, 0.2) is 42.5 Å². The summed E-state index contributed by atoms with van der Waals surface area (Å²) in [5, 5.41) is 0. The lowest BCUT2D eigenvalue weighted by molar-refractivity contribution is 0.283. The van der Waals surface area contributed by atoms with Crippen LogP contribution in [0.2, 0.25) is 0 Å². The number of para-hydroxylation sites is 1. The van der Waals surface area contributed by atoms with Crippen molar-refractivity contribution in [2.75, 3.05) is 6.61 Å². The third-order valence-electron chi connectivity index (χ3n) is 3.62. The largest absolute Gasteiger partial charge is 0.493 e. The molecule has 20 heavy (non-hydrogen) atoms. The number of nitrogens with two attached hydrogens (primary N) is 1. The number of halogens is 1. The van der Waals surface area contributed by atoms with Crippen molar-refractivity contribution in [2.24, 2.45) is 5.84 Å². The van der Waals surface area contributed by atoms with Crippen LogP contribution in [-0.4, -0.2) is 6.61 Å². The van der Waals surface area contributed by atoms with Crippen molar-refractivity contribution >= 4 is 22.6 Å². The average Bonchev–Trinajstić information content (AvgIpc) is 2.48. The normalized spacial score (nSPS) is 15.3. The molecule has 3 nitrogen and oxygen atoms in total. The molecular formula is C16H17IN2O. The fraction of sp³-hybridized carbons (Fsp3) is 0.250. The van der Waals surface area contributed by atoms with Crippen LogP contribution in [0.5, 0.6) is 5.75 Å². The van der Waals surface area contributed by atoms with E-state index in [1.54, 1.807) is 0 Å². The predicted molar refractivity (Wildman–Crippen MR) is 88.6 cm³/mol. The zero-order valence-electron chi connectivity index (χ0n) is 11.1. The van der Waals surface area contributed by atoms with Gasteiger partial charge >= 0.3 is 0 Å². The van der Waals surface area contributed by atoms with Gasteiger partial charge in [0, 0.05) is 9.13 Å². The van der Waals surface area contributed by atoms with E-state index in [9.17, 15) is 0 Å². The van der Waals surface area contributed by atoms with E-state index in [0.29, 0.717) is 0 Å². The minimum atomic E-state index is -0.0437. The third kappa shape index (κ3) is 2.68. The first-order valence-electron chi connectivity index (χ1n) is 6.76. The highest BCUT2D eigenvalue weighted by Gasteiger charge is 2.21. The van der Waals surface area contributed by atoms with Gasteiger partial charge < -0.3 is 4.74 Å². The van der Waals surface area contributed by atoms with E-state index in [2.05, 4.69) is 70.5 Å². The molecule has 1 aliphatic rings. The molecule has 0 saturated heterocycles. The molecule has 0 bridgehead atoms. The molecular weight excluding hydrogens is 363 g/mol. The highest BCUT2D eigenvalue weighted by atomic mass is 127. The standard InChI is InChI=1S/C16H17IN2O/c17-13-7-1-5-12(10-13)15(19-18)14-8-2-4-11-6-3-9-20-16(11)14/h1-2,4-5,7-8,10,15,19H,3,6,9,18H2. The van der Waals surface area contributed by atoms with Gasteiger partial charge in [0.25, 0.3) is 0 Å². The van der Waals surface area contributed by atoms with Crippen LogP contribution in [-0.2, 0) is 6.42 Å². The van der Waals surface area contributed by atoms with E-state index < -0.39 is 0 Å². The molecule has 1 aliphatic heterocycles. The number of benzene rings is 2. The maximum atomic E-state index is 5.89. The van der Waals surface area contributed by atoms with Crippen LogP contribution in [0.4, 0.5) is 0 Å². The molecule has 0 aromatic heterocycles. The van der Waals surface area contributed by atoms with Gasteiger partial charge in [0.1, 0.15) is 5.75 Å². The quantitative estimate of drug-likeness (QED) is 0.489. The molecule has 0 fully saturated rings. The van der Waals surface area contributed by atoms with E-state index in [1.807, 2.05) is 0 Å². The van der Waals surface area contributed by atoms with Crippen molar-refractivity contribution in [1.29, 1.82) is 0 Å². The zero-order valence-corrected chi connectivity index (χ0v) is 13.3. The number of rotatable bonds is 3. The molecule has 2 aromatic carbocycles. The summed E-state index contributed by atoms with van der Waals surface area (Å²) < 4.78 is 7.09. The minimum absolute atomic E-state index is 0.0437. The maximum absolute atomic E-state index is 5.89. The van der Waals surface area contributed by atoms with Gasteiger partial charge in [-0.1, -0.05) is 30.3 Å². The molecule has 1 atom stereocenters. The Kier molecular flexibility index (Phi) is 4.24. The summed E-state index contributed by atoms with van der Waals surface area (Å²) in [6.45, 7) is 0.785. The second-order valence-corrected chi connectivity index (χ2v) is 6.19. The number of aryl methyl sites for hydroxylation is 1. The van der Waals surface area contributed by atoms with Gasteiger partial charge in [0.15, 0.2) is 0 Å². The van der Waals surface area contributed by atoms with Gasteiger partial charge in [-0.15, -0.1) is 0 Å². The van der Waals surface area contributed by atoms with E-state index in [0.717, 1.165) is 36.3 Å². The topological polar surface area (TPSA) is 47.3 Å². The average molecular weight is 380 g/mol. The monoisotopic (exact) mass is 380 g/mol. The van der Waals surface area contributed by atoms with E-state index in [4.69, 9.17) is 10.6 Å². The first-order valence-corrected chi connectivity index (χ1v) is 7.83. The Morgan fingerprint density at radius 3 is 2.85 bits per heavy atom. The fourth-order valence-corrected chi connectivity index (χ4v) is 3.26. The van der Waals surface area contributed by atoms with Crippen molar-refractivity contribution < 1.29 is 4.74 Å². The lowest BCUT2D eigenvalue weighted by atomic mass is 9.94. The summed E-state index contributed by atoms with van der Waals surface area (Å²) in [5.74, 6) is 6.81. The summed E-state index contributed by atoms with van der Waals surface area (Å²) in [4.78, 5) is 0. The molecule has 0 spiro atoms. The van der Waals surface area contributed by atoms with Crippen molar-refractivity contribution in [3.8, 4) is 5.75 Å². The molecule has 0 amide bonds. The molecule has 3 rings (SSSR count). The highest BCUT2D eigenvalue weighted by Crippen LogP contribution is 2.35. The van der Waals surface area contributed by atoms with Crippen LogP contribution in [0.3, 0.4) is 0 Å². The Bertz CT molecular complexity index is 615. The van der Waals surface area contributed by atoms with E-state index in [-0.39, 0.29) is 6.04 Å². The van der Waals surface area contributed by atoms with Gasteiger partial charge in [-0.25, -0.2) is 5.43 Å². The summed E-state index contributed by atoms with van der Waals surface area (Å²) in [6.07, 6.45) is 2.16. The second kappa shape index (κ2) is 6.11. The number of hydrogen-bond donors (Lipinski definition) is 2. The fourth-order valence-electron chi connectivity index (χ4n) is 2.69. The number of hydrazine groups is 1.